The van der Waals surface area contributed by atoms with Crippen LogP contribution >= 0.6 is 0 Å². The smallest absolute Gasteiger partial charge is 0.242 e. The highest BCUT2D eigenvalue weighted by atomic mass is 32.2. The van der Waals surface area contributed by atoms with Crippen LogP contribution in [-0.2, 0) is 15.6 Å². The normalized spacial score (nSPS) is 13.3. The van der Waals surface area contributed by atoms with Gasteiger partial charge >= 0.3 is 0 Å². The molecule has 0 saturated carbocycles. The molecule has 6 nitrogen and oxygen atoms in total. The Balaban J connectivity index is 2.14. The van der Waals surface area contributed by atoms with E-state index in [2.05, 4.69) is 15.1 Å². The predicted octanol–water partition coefficient (Wildman–Crippen LogP) is 2.40. The van der Waals surface area contributed by atoms with Gasteiger partial charge in [-0.2, -0.15) is 4.98 Å². The Morgan fingerprint density at radius 1 is 1.38 bits per heavy atom. The molecule has 0 radical (unpaired) electrons. The SMILES string of the molecule is CCC(C)CS(=O)(=O)Cc1nc(-c2cc(C)ccn2)no1. The summed E-state index contributed by atoms with van der Waals surface area (Å²) in [6.45, 7) is 5.81. The van der Waals surface area contributed by atoms with E-state index in [4.69, 9.17) is 4.52 Å². The van der Waals surface area contributed by atoms with Gasteiger partial charge in [0.05, 0.1) is 5.75 Å². The van der Waals surface area contributed by atoms with Gasteiger partial charge in [-0.15, -0.1) is 0 Å². The molecule has 2 heterocycles. The molecule has 1 unspecified atom stereocenters. The fourth-order valence-electron chi connectivity index (χ4n) is 1.87. The Hall–Kier alpha value is -1.76. The first-order chi connectivity index (χ1) is 9.89. The minimum Gasteiger partial charge on any atom is -0.338 e. The molecule has 0 N–H and O–H groups in total. The number of hydrogen-bond acceptors (Lipinski definition) is 6. The number of aryl methyl sites for hydroxylation is 1. The minimum atomic E-state index is -3.24. The molecule has 2 aromatic heterocycles. The van der Waals surface area contributed by atoms with Crippen molar-refractivity contribution in [2.24, 2.45) is 5.92 Å². The van der Waals surface area contributed by atoms with E-state index in [1.165, 1.54) is 0 Å². The van der Waals surface area contributed by atoms with Gasteiger partial charge in [0.25, 0.3) is 0 Å². The molecule has 0 bridgehead atoms. The average Bonchev–Trinajstić information content (AvgIpc) is 2.85. The third-order valence-electron chi connectivity index (χ3n) is 3.19. The van der Waals surface area contributed by atoms with Crippen LogP contribution in [0.1, 0.15) is 31.7 Å². The topological polar surface area (TPSA) is 86.0 Å². The van der Waals surface area contributed by atoms with Crippen LogP contribution < -0.4 is 0 Å². The largest absolute Gasteiger partial charge is 0.338 e. The van der Waals surface area contributed by atoms with Crippen LogP contribution in [0, 0.1) is 12.8 Å². The average molecular weight is 309 g/mol. The summed E-state index contributed by atoms with van der Waals surface area (Å²) in [5.74, 6) is 0.444. The van der Waals surface area contributed by atoms with E-state index in [0.29, 0.717) is 11.5 Å². The molecule has 114 valence electrons. The van der Waals surface area contributed by atoms with Crippen molar-refractivity contribution in [2.45, 2.75) is 32.9 Å². The zero-order valence-corrected chi connectivity index (χ0v) is 13.2. The van der Waals surface area contributed by atoms with Gasteiger partial charge in [0.15, 0.2) is 9.84 Å². The molecule has 0 amide bonds. The Morgan fingerprint density at radius 2 is 2.14 bits per heavy atom. The molecule has 0 aliphatic rings. The van der Waals surface area contributed by atoms with Gasteiger partial charge in [-0.1, -0.05) is 25.4 Å². The lowest BCUT2D eigenvalue weighted by atomic mass is 10.2. The number of pyridine rings is 1. The zero-order chi connectivity index (χ0) is 15.5. The first kappa shape index (κ1) is 15.6. The summed E-state index contributed by atoms with van der Waals surface area (Å²) in [5, 5.41) is 3.80. The standard InChI is InChI=1S/C14H19N3O3S/c1-4-10(2)8-21(18,19)9-13-16-14(17-20-13)12-7-11(3)5-6-15-12/h5-7,10H,4,8-9H2,1-3H3. The molecule has 2 rings (SSSR count). The summed E-state index contributed by atoms with van der Waals surface area (Å²) in [6.07, 6.45) is 2.47. The molecule has 1 atom stereocenters. The van der Waals surface area contributed by atoms with Gasteiger partial charge in [0, 0.05) is 6.20 Å². The van der Waals surface area contributed by atoms with Crippen LogP contribution in [0.25, 0.3) is 11.5 Å². The summed E-state index contributed by atoms with van der Waals surface area (Å²) in [5.41, 5.74) is 1.60. The predicted molar refractivity (Wildman–Crippen MR) is 79.2 cm³/mol. The number of nitrogens with zero attached hydrogens (tertiary/aromatic N) is 3. The number of hydrogen-bond donors (Lipinski definition) is 0. The van der Waals surface area contributed by atoms with E-state index in [1.807, 2.05) is 32.9 Å². The van der Waals surface area contributed by atoms with Gasteiger partial charge in [-0.3, -0.25) is 4.98 Å². The molecule has 2 aromatic rings. The molecule has 21 heavy (non-hydrogen) atoms. The Morgan fingerprint density at radius 3 is 2.81 bits per heavy atom. The first-order valence-corrected chi connectivity index (χ1v) is 8.68. The van der Waals surface area contributed by atoms with Gasteiger partial charge in [-0.05, 0) is 30.5 Å². The summed E-state index contributed by atoms with van der Waals surface area (Å²) in [6, 6.07) is 3.68. The van der Waals surface area contributed by atoms with Crippen LogP contribution in [0.15, 0.2) is 22.9 Å². The van der Waals surface area contributed by atoms with Crippen LogP contribution in [-0.4, -0.2) is 29.3 Å². The Bertz CT molecular complexity index is 710. The summed E-state index contributed by atoms with van der Waals surface area (Å²) in [7, 11) is -3.24. The Kier molecular flexibility index (Phi) is 4.72. The third-order valence-corrected chi connectivity index (χ3v) is 4.96. The monoisotopic (exact) mass is 309 g/mol. The van der Waals surface area contributed by atoms with Gasteiger partial charge < -0.3 is 4.52 Å². The van der Waals surface area contributed by atoms with Crippen molar-refractivity contribution in [3.8, 4) is 11.5 Å². The molecule has 0 aliphatic heterocycles. The van der Waals surface area contributed by atoms with E-state index in [0.717, 1.165) is 12.0 Å². The maximum atomic E-state index is 12.0. The van der Waals surface area contributed by atoms with Gasteiger partial charge in [0.1, 0.15) is 11.4 Å². The van der Waals surface area contributed by atoms with Gasteiger partial charge in [0.2, 0.25) is 11.7 Å². The highest BCUT2D eigenvalue weighted by molar-refractivity contribution is 7.90. The third kappa shape index (κ3) is 4.35. The molecule has 0 aliphatic carbocycles. The van der Waals surface area contributed by atoms with E-state index in [1.54, 1.807) is 6.20 Å². The second-order valence-electron chi connectivity index (χ2n) is 5.30. The van der Waals surface area contributed by atoms with Crippen molar-refractivity contribution >= 4 is 9.84 Å². The van der Waals surface area contributed by atoms with Crippen molar-refractivity contribution in [1.29, 1.82) is 0 Å². The van der Waals surface area contributed by atoms with Crippen molar-refractivity contribution in [3.63, 3.8) is 0 Å². The van der Waals surface area contributed by atoms with Crippen LogP contribution in [0.4, 0.5) is 0 Å². The highest BCUT2D eigenvalue weighted by Gasteiger charge is 2.20. The molecule has 0 aromatic carbocycles. The van der Waals surface area contributed by atoms with Crippen LogP contribution in [0.2, 0.25) is 0 Å². The van der Waals surface area contributed by atoms with E-state index < -0.39 is 9.84 Å². The van der Waals surface area contributed by atoms with Crippen molar-refractivity contribution in [1.82, 2.24) is 15.1 Å². The van der Waals surface area contributed by atoms with E-state index >= 15 is 0 Å². The second-order valence-corrected chi connectivity index (χ2v) is 7.41. The molecule has 0 fully saturated rings. The second kappa shape index (κ2) is 6.34. The van der Waals surface area contributed by atoms with Crippen molar-refractivity contribution < 1.29 is 12.9 Å². The zero-order valence-electron chi connectivity index (χ0n) is 12.4. The Labute approximate surface area is 124 Å². The lowest BCUT2D eigenvalue weighted by Gasteiger charge is -2.07. The quantitative estimate of drug-likeness (QED) is 0.814. The van der Waals surface area contributed by atoms with Crippen molar-refractivity contribution in [2.75, 3.05) is 5.75 Å². The number of aromatic nitrogens is 3. The fraction of sp³-hybridized carbons (Fsp3) is 0.500. The fourth-order valence-corrected chi connectivity index (χ4v) is 3.59. The molecular weight excluding hydrogens is 290 g/mol. The number of rotatable bonds is 6. The maximum absolute atomic E-state index is 12.0. The highest BCUT2D eigenvalue weighted by Crippen LogP contribution is 2.16. The summed E-state index contributed by atoms with van der Waals surface area (Å²) >= 11 is 0. The lowest BCUT2D eigenvalue weighted by Crippen LogP contribution is -2.15. The minimum absolute atomic E-state index is 0.108. The van der Waals surface area contributed by atoms with Gasteiger partial charge in [-0.25, -0.2) is 8.42 Å². The van der Waals surface area contributed by atoms with Crippen molar-refractivity contribution in [3.05, 3.63) is 29.8 Å². The van der Waals surface area contributed by atoms with Crippen LogP contribution in [0.3, 0.4) is 0 Å². The maximum Gasteiger partial charge on any atom is 0.242 e. The molecule has 7 heteroatoms. The lowest BCUT2D eigenvalue weighted by molar-refractivity contribution is 0.389. The van der Waals surface area contributed by atoms with E-state index in [9.17, 15) is 8.42 Å². The molecule has 0 saturated heterocycles. The number of sulfone groups is 1. The first-order valence-electron chi connectivity index (χ1n) is 6.85. The molecular formula is C14H19N3O3S. The summed E-state index contributed by atoms with van der Waals surface area (Å²) in [4.78, 5) is 8.27. The summed E-state index contributed by atoms with van der Waals surface area (Å²) < 4.78 is 29.1. The van der Waals surface area contributed by atoms with E-state index in [-0.39, 0.29) is 23.3 Å². The molecule has 0 spiro atoms. The van der Waals surface area contributed by atoms with Crippen LogP contribution in [0.5, 0.6) is 0 Å².